The Bertz CT molecular complexity index is 1310. The molecule has 0 saturated carbocycles. The Balaban J connectivity index is 1.55. The highest BCUT2D eigenvalue weighted by molar-refractivity contribution is 5.99. The Morgan fingerprint density at radius 1 is 1.03 bits per heavy atom. The molecule has 8 nitrogen and oxygen atoms in total. The smallest absolute Gasteiger partial charge is 0.284 e. The molecule has 2 heterocycles. The highest BCUT2D eigenvalue weighted by Gasteiger charge is 2.16. The van der Waals surface area contributed by atoms with Crippen LogP contribution >= 0.6 is 0 Å². The number of aromatic amines is 1. The number of hydrogen-bond donors (Lipinski definition) is 3. The van der Waals surface area contributed by atoms with Crippen LogP contribution in [0.4, 0.5) is 5.69 Å². The van der Waals surface area contributed by atoms with Gasteiger partial charge in [-0.15, -0.1) is 0 Å². The highest BCUT2D eigenvalue weighted by Crippen LogP contribution is 2.21. The van der Waals surface area contributed by atoms with E-state index in [0.29, 0.717) is 29.7 Å². The molecule has 0 fully saturated rings. The van der Waals surface area contributed by atoms with Gasteiger partial charge in [-0.05, 0) is 24.3 Å². The number of primary amides is 1. The molecule has 0 unspecified atom stereocenters. The molecule has 0 spiro atoms. The molecule has 8 heteroatoms. The fourth-order valence-electron chi connectivity index (χ4n) is 3.43. The van der Waals surface area contributed by atoms with Crippen molar-refractivity contribution in [1.29, 1.82) is 0 Å². The fourth-order valence-corrected chi connectivity index (χ4v) is 3.43. The maximum atomic E-state index is 12.3. The number of carbonyl (C=O) groups excluding carboxylic acids is 2. The number of amides is 1. The molecule has 4 aromatic rings. The lowest BCUT2D eigenvalue weighted by atomic mass is 10.1. The Hall–Kier alpha value is -4.20. The number of imidazole rings is 1. The highest BCUT2D eigenvalue weighted by atomic mass is 16.1. The number of H-pyrrole nitrogens is 1. The number of carbonyl (C=O) groups is 2. The van der Waals surface area contributed by atoms with Crippen LogP contribution in [0.3, 0.4) is 0 Å². The molecule has 1 amide bonds. The van der Waals surface area contributed by atoms with Gasteiger partial charge in [-0.1, -0.05) is 36.4 Å². The van der Waals surface area contributed by atoms with Gasteiger partial charge >= 0.3 is 0 Å². The van der Waals surface area contributed by atoms with Gasteiger partial charge in [0, 0.05) is 36.0 Å². The lowest BCUT2D eigenvalue weighted by Crippen LogP contribution is -2.19. The van der Waals surface area contributed by atoms with Crippen LogP contribution in [-0.2, 0) is 13.0 Å². The molecule has 0 aliphatic carbocycles. The largest absolute Gasteiger partial charge is 0.378 e. The third kappa shape index (κ3) is 4.53. The van der Waals surface area contributed by atoms with Gasteiger partial charge in [0.25, 0.3) is 5.91 Å². The van der Waals surface area contributed by atoms with Crippen molar-refractivity contribution in [2.45, 2.75) is 13.0 Å². The number of pyridine rings is 1. The number of Topliss-reactive ketones (excluding diaryl/α,β-unsaturated/α-hetero) is 1. The van der Waals surface area contributed by atoms with E-state index >= 15 is 0 Å². The fraction of sp³-hybridized carbons (Fsp3) is 0.130. The van der Waals surface area contributed by atoms with E-state index in [-0.39, 0.29) is 23.7 Å². The summed E-state index contributed by atoms with van der Waals surface area (Å²) in [5.74, 6) is -0.516. The first-order valence-electron chi connectivity index (χ1n) is 9.82. The average molecular weight is 415 g/mol. The van der Waals surface area contributed by atoms with Crippen LogP contribution in [0, 0.1) is 0 Å². The number of fused-ring (bicyclic) bond motifs is 1. The Morgan fingerprint density at radius 3 is 2.58 bits per heavy atom. The summed E-state index contributed by atoms with van der Waals surface area (Å²) in [5.41, 5.74) is 8.79. The second kappa shape index (κ2) is 8.66. The molecule has 0 aliphatic rings. The van der Waals surface area contributed by atoms with Crippen molar-refractivity contribution < 1.29 is 9.59 Å². The van der Waals surface area contributed by atoms with Crippen LogP contribution in [-0.4, -0.2) is 32.8 Å². The number of nitrogens with two attached hydrogens (primary N) is 1. The van der Waals surface area contributed by atoms with Crippen molar-refractivity contribution in [1.82, 2.24) is 14.5 Å². The van der Waals surface area contributed by atoms with E-state index in [1.807, 2.05) is 36.4 Å². The molecule has 0 saturated heterocycles. The summed E-state index contributed by atoms with van der Waals surface area (Å²) in [4.78, 5) is 42.9. The molecule has 0 bridgehead atoms. The SMILES string of the molecule is NC(=O)c1nc2cc(NCC(=O)c3ccccc3)ccc2n1CCc1cccc(=O)[nH]1. The van der Waals surface area contributed by atoms with Crippen LogP contribution < -0.4 is 16.6 Å². The molecule has 4 rings (SSSR count). The molecule has 2 aromatic heterocycles. The first kappa shape index (κ1) is 20.1. The summed E-state index contributed by atoms with van der Waals surface area (Å²) in [6.07, 6.45) is 0.507. The van der Waals surface area contributed by atoms with Gasteiger partial charge < -0.3 is 20.6 Å². The topological polar surface area (TPSA) is 123 Å². The number of benzene rings is 2. The van der Waals surface area contributed by atoms with Crippen LogP contribution in [0.5, 0.6) is 0 Å². The molecular formula is C23H21N5O3. The number of anilines is 1. The van der Waals surface area contributed by atoms with Gasteiger partial charge in [0.1, 0.15) is 0 Å². The van der Waals surface area contributed by atoms with E-state index in [1.165, 1.54) is 6.07 Å². The van der Waals surface area contributed by atoms with E-state index < -0.39 is 5.91 Å². The number of hydrogen-bond acceptors (Lipinski definition) is 5. The van der Waals surface area contributed by atoms with Crippen LogP contribution in [0.2, 0.25) is 0 Å². The van der Waals surface area contributed by atoms with Gasteiger partial charge in [-0.25, -0.2) is 4.98 Å². The Kier molecular flexibility index (Phi) is 5.61. The van der Waals surface area contributed by atoms with E-state index in [9.17, 15) is 14.4 Å². The number of aromatic nitrogens is 3. The lowest BCUT2D eigenvalue weighted by Gasteiger charge is -2.09. The minimum absolute atomic E-state index is 0.0269. The molecule has 31 heavy (non-hydrogen) atoms. The summed E-state index contributed by atoms with van der Waals surface area (Å²) in [6.45, 7) is 0.564. The van der Waals surface area contributed by atoms with Crippen molar-refractivity contribution in [3.8, 4) is 0 Å². The Morgan fingerprint density at radius 2 is 1.84 bits per heavy atom. The van der Waals surface area contributed by atoms with Gasteiger partial charge in [0.15, 0.2) is 11.6 Å². The lowest BCUT2D eigenvalue weighted by molar-refractivity contribution is 0.0984. The summed E-state index contributed by atoms with van der Waals surface area (Å²) in [5, 5.41) is 3.10. The van der Waals surface area contributed by atoms with Crippen molar-refractivity contribution in [3.05, 3.63) is 94.2 Å². The number of ketones is 1. The van der Waals surface area contributed by atoms with E-state index in [2.05, 4.69) is 15.3 Å². The van der Waals surface area contributed by atoms with E-state index in [4.69, 9.17) is 5.73 Å². The second-order valence-corrected chi connectivity index (χ2v) is 7.09. The minimum atomic E-state index is -0.633. The van der Waals surface area contributed by atoms with Crippen molar-refractivity contribution in [2.75, 3.05) is 11.9 Å². The quantitative estimate of drug-likeness (QED) is 0.381. The molecular weight excluding hydrogens is 394 g/mol. The molecule has 156 valence electrons. The predicted molar refractivity (Wildman–Crippen MR) is 118 cm³/mol. The second-order valence-electron chi connectivity index (χ2n) is 7.09. The predicted octanol–water partition coefficient (Wildman–Crippen LogP) is 2.36. The zero-order valence-electron chi connectivity index (χ0n) is 16.7. The number of rotatable bonds is 8. The number of aryl methyl sites for hydroxylation is 2. The molecule has 4 N–H and O–H groups in total. The average Bonchev–Trinajstić information content (AvgIpc) is 3.15. The maximum Gasteiger partial charge on any atom is 0.284 e. The van der Waals surface area contributed by atoms with E-state index in [0.717, 1.165) is 11.2 Å². The summed E-state index contributed by atoms with van der Waals surface area (Å²) < 4.78 is 1.74. The van der Waals surface area contributed by atoms with E-state index in [1.54, 1.807) is 28.8 Å². The molecule has 0 atom stereocenters. The molecule has 0 radical (unpaired) electrons. The third-order valence-electron chi connectivity index (χ3n) is 4.95. The van der Waals surface area contributed by atoms with Crippen LogP contribution in [0.1, 0.15) is 26.7 Å². The Labute approximate surface area is 177 Å². The van der Waals surface area contributed by atoms with Crippen LogP contribution in [0.25, 0.3) is 11.0 Å². The van der Waals surface area contributed by atoms with Gasteiger partial charge in [0.2, 0.25) is 5.56 Å². The molecule has 2 aromatic carbocycles. The summed E-state index contributed by atoms with van der Waals surface area (Å²) in [6, 6.07) is 19.4. The van der Waals surface area contributed by atoms with Crippen LogP contribution in [0.15, 0.2) is 71.5 Å². The van der Waals surface area contributed by atoms with Crippen molar-refractivity contribution >= 4 is 28.4 Å². The van der Waals surface area contributed by atoms with Gasteiger partial charge in [-0.3, -0.25) is 14.4 Å². The molecule has 0 aliphatic heterocycles. The van der Waals surface area contributed by atoms with Gasteiger partial charge in [0.05, 0.1) is 17.6 Å². The van der Waals surface area contributed by atoms with Crippen molar-refractivity contribution in [3.63, 3.8) is 0 Å². The zero-order valence-corrected chi connectivity index (χ0v) is 16.7. The maximum absolute atomic E-state index is 12.3. The number of nitrogens with zero attached hydrogens (tertiary/aromatic N) is 2. The monoisotopic (exact) mass is 415 g/mol. The normalized spacial score (nSPS) is 10.8. The minimum Gasteiger partial charge on any atom is -0.378 e. The first-order chi connectivity index (χ1) is 15.0. The standard InChI is InChI=1S/C23H21N5O3/c24-22(31)23-27-18-13-17(25-14-20(29)15-5-2-1-3-6-15)9-10-19(18)28(23)12-11-16-7-4-8-21(30)26-16/h1-10,13,25H,11-12,14H2,(H2,24,31)(H,26,30). The number of nitrogens with one attached hydrogen (secondary N) is 2. The zero-order chi connectivity index (χ0) is 21.8. The van der Waals surface area contributed by atoms with Crippen molar-refractivity contribution in [2.24, 2.45) is 5.73 Å². The summed E-state index contributed by atoms with van der Waals surface area (Å²) in [7, 11) is 0. The summed E-state index contributed by atoms with van der Waals surface area (Å²) >= 11 is 0. The third-order valence-corrected chi connectivity index (χ3v) is 4.95. The van der Waals surface area contributed by atoms with Gasteiger partial charge in [-0.2, -0.15) is 0 Å². The first-order valence-corrected chi connectivity index (χ1v) is 9.82.